The van der Waals surface area contributed by atoms with Crippen LogP contribution < -0.4 is 10.2 Å². The SMILES string of the molecule is CCOC(=O)Cn1c(C)c(/C=N\NC(=O)c2ccccc2OC)c2ccccc21. The Hall–Kier alpha value is -3.61. The molecule has 0 bridgehead atoms. The maximum absolute atomic E-state index is 12.4. The topological polar surface area (TPSA) is 81.9 Å². The van der Waals surface area contributed by atoms with Gasteiger partial charge < -0.3 is 14.0 Å². The van der Waals surface area contributed by atoms with Crippen molar-refractivity contribution >= 4 is 29.0 Å². The van der Waals surface area contributed by atoms with E-state index < -0.39 is 0 Å². The van der Waals surface area contributed by atoms with Gasteiger partial charge >= 0.3 is 5.97 Å². The summed E-state index contributed by atoms with van der Waals surface area (Å²) in [6, 6.07) is 14.6. The summed E-state index contributed by atoms with van der Waals surface area (Å²) in [5, 5.41) is 5.06. The summed E-state index contributed by atoms with van der Waals surface area (Å²) < 4.78 is 12.2. The average Bonchev–Trinajstić information content (AvgIpc) is 2.99. The first-order valence-corrected chi connectivity index (χ1v) is 9.26. The predicted molar refractivity (Wildman–Crippen MR) is 111 cm³/mol. The number of fused-ring (bicyclic) bond motifs is 1. The highest BCUT2D eigenvalue weighted by atomic mass is 16.5. The van der Waals surface area contributed by atoms with Gasteiger partial charge in [0.05, 0.1) is 25.5 Å². The van der Waals surface area contributed by atoms with Crippen molar-refractivity contribution in [1.82, 2.24) is 9.99 Å². The van der Waals surface area contributed by atoms with Crippen LogP contribution in [-0.4, -0.2) is 36.4 Å². The highest BCUT2D eigenvalue weighted by Crippen LogP contribution is 2.24. The molecule has 7 heteroatoms. The van der Waals surface area contributed by atoms with Crippen molar-refractivity contribution in [3.05, 3.63) is 65.4 Å². The molecule has 1 heterocycles. The lowest BCUT2D eigenvalue weighted by molar-refractivity contribution is -0.143. The number of para-hydroxylation sites is 2. The second-order valence-electron chi connectivity index (χ2n) is 6.31. The molecule has 0 spiro atoms. The predicted octanol–water partition coefficient (Wildman–Crippen LogP) is 3.29. The first-order valence-electron chi connectivity index (χ1n) is 9.26. The van der Waals surface area contributed by atoms with Gasteiger partial charge in [0.25, 0.3) is 5.91 Å². The van der Waals surface area contributed by atoms with Gasteiger partial charge in [0.1, 0.15) is 12.3 Å². The van der Waals surface area contributed by atoms with Gasteiger partial charge in [0.15, 0.2) is 0 Å². The zero-order chi connectivity index (χ0) is 20.8. The Labute approximate surface area is 168 Å². The third kappa shape index (κ3) is 4.29. The van der Waals surface area contributed by atoms with Gasteiger partial charge in [-0.15, -0.1) is 0 Å². The number of amides is 1. The van der Waals surface area contributed by atoms with E-state index in [9.17, 15) is 9.59 Å². The molecule has 0 saturated carbocycles. The largest absolute Gasteiger partial charge is 0.496 e. The molecule has 7 nitrogen and oxygen atoms in total. The van der Waals surface area contributed by atoms with Gasteiger partial charge in [-0.25, -0.2) is 5.43 Å². The first kappa shape index (κ1) is 20.1. The van der Waals surface area contributed by atoms with Crippen molar-refractivity contribution in [1.29, 1.82) is 0 Å². The zero-order valence-corrected chi connectivity index (χ0v) is 16.6. The van der Waals surface area contributed by atoms with E-state index >= 15 is 0 Å². The minimum atomic E-state index is -0.369. The number of aromatic nitrogens is 1. The van der Waals surface area contributed by atoms with Crippen LogP contribution in [0.25, 0.3) is 10.9 Å². The second-order valence-corrected chi connectivity index (χ2v) is 6.31. The molecular weight excluding hydrogens is 370 g/mol. The van der Waals surface area contributed by atoms with E-state index in [0.29, 0.717) is 17.9 Å². The van der Waals surface area contributed by atoms with Gasteiger partial charge in [-0.05, 0) is 32.0 Å². The van der Waals surface area contributed by atoms with Crippen molar-refractivity contribution in [3.63, 3.8) is 0 Å². The summed E-state index contributed by atoms with van der Waals surface area (Å²) in [7, 11) is 1.51. The number of esters is 1. The number of nitrogens with zero attached hydrogens (tertiary/aromatic N) is 2. The Kier molecular flexibility index (Phi) is 6.29. The lowest BCUT2D eigenvalue weighted by Crippen LogP contribution is -2.18. The summed E-state index contributed by atoms with van der Waals surface area (Å²) in [6.45, 7) is 4.13. The van der Waals surface area contributed by atoms with Gasteiger partial charge in [-0.2, -0.15) is 5.10 Å². The monoisotopic (exact) mass is 393 g/mol. The van der Waals surface area contributed by atoms with Crippen LogP contribution in [0.15, 0.2) is 53.6 Å². The van der Waals surface area contributed by atoms with E-state index in [1.165, 1.54) is 7.11 Å². The van der Waals surface area contributed by atoms with Gasteiger partial charge in [0, 0.05) is 22.2 Å². The van der Waals surface area contributed by atoms with Crippen molar-refractivity contribution in [2.24, 2.45) is 5.10 Å². The van der Waals surface area contributed by atoms with Crippen LogP contribution in [-0.2, 0) is 16.1 Å². The number of carbonyl (C=O) groups excluding carboxylic acids is 2. The molecule has 150 valence electrons. The third-order valence-corrected chi connectivity index (χ3v) is 4.58. The van der Waals surface area contributed by atoms with Crippen LogP contribution >= 0.6 is 0 Å². The standard InChI is InChI=1S/C22H23N3O4/c1-4-29-21(26)14-25-15(2)18(16-9-5-7-11-19(16)25)13-23-24-22(27)17-10-6-8-12-20(17)28-3/h5-13H,4,14H2,1-3H3,(H,24,27)/b23-13-. The van der Waals surface area contributed by atoms with E-state index in [1.54, 1.807) is 37.4 Å². The molecule has 3 aromatic rings. The van der Waals surface area contributed by atoms with Crippen molar-refractivity contribution in [2.75, 3.05) is 13.7 Å². The number of methoxy groups -OCH3 is 1. The van der Waals surface area contributed by atoms with E-state index in [-0.39, 0.29) is 18.4 Å². The van der Waals surface area contributed by atoms with Crippen LogP contribution in [0.2, 0.25) is 0 Å². The molecule has 0 radical (unpaired) electrons. The molecule has 2 aromatic carbocycles. The third-order valence-electron chi connectivity index (χ3n) is 4.58. The van der Waals surface area contributed by atoms with Crippen molar-refractivity contribution in [2.45, 2.75) is 20.4 Å². The fourth-order valence-electron chi connectivity index (χ4n) is 3.21. The Bertz CT molecular complexity index is 1070. The molecule has 29 heavy (non-hydrogen) atoms. The summed E-state index contributed by atoms with van der Waals surface area (Å²) in [6.07, 6.45) is 1.59. The van der Waals surface area contributed by atoms with Gasteiger partial charge in [-0.1, -0.05) is 30.3 Å². The second kappa shape index (κ2) is 9.05. The van der Waals surface area contributed by atoms with E-state index in [2.05, 4.69) is 10.5 Å². The number of hydrogen-bond acceptors (Lipinski definition) is 5. The molecule has 3 rings (SSSR count). The maximum atomic E-state index is 12.4. The molecule has 0 aliphatic carbocycles. The van der Waals surface area contributed by atoms with Gasteiger partial charge in [-0.3, -0.25) is 9.59 Å². The number of hydrazone groups is 1. The van der Waals surface area contributed by atoms with E-state index in [0.717, 1.165) is 22.2 Å². The van der Waals surface area contributed by atoms with Crippen LogP contribution in [0.1, 0.15) is 28.5 Å². The Morgan fingerprint density at radius 3 is 2.62 bits per heavy atom. The number of ether oxygens (including phenoxy) is 2. The fourth-order valence-corrected chi connectivity index (χ4v) is 3.21. The summed E-state index contributed by atoms with van der Waals surface area (Å²) in [5.41, 5.74) is 5.51. The molecular formula is C22H23N3O4. The van der Waals surface area contributed by atoms with Crippen LogP contribution in [0.4, 0.5) is 0 Å². The van der Waals surface area contributed by atoms with E-state index in [4.69, 9.17) is 9.47 Å². The number of carbonyl (C=O) groups is 2. The van der Waals surface area contributed by atoms with E-state index in [1.807, 2.05) is 35.8 Å². The Morgan fingerprint density at radius 1 is 1.14 bits per heavy atom. The Morgan fingerprint density at radius 2 is 1.86 bits per heavy atom. The highest BCUT2D eigenvalue weighted by Gasteiger charge is 2.16. The molecule has 0 fully saturated rings. The minimum Gasteiger partial charge on any atom is -0.496 e. The molecule has 0 aliphatic heterocycles. The quantitative estimate of drug-likeness (QED) is 0.379. The van der Waals surface area contributed by atoms with Crippen molar-refractivity contribution in [3.8, 4) is 5.75 Å². The number of benzene rings is 2. The van der Waals surface area contributed by atoms with Gasteiger partial charge in [0.2, 0.25) is 0 Å². The van der Waals surface area contributed by atoms with Crippen LogP contribution in [0.3, 0.4) is 0 Å². The van der Waals surface area contributed by atoms with Crippen LogP contribution in [0, 0.1) is 6.92 Å². The number of nitrogens with one attached hydrogen (secondary N) is 1. The summed E-state index contributed by atoms with van der Waals surface area (Å²) in [5.74, 6) is -0.196. The molecule has 0 unspecified atom stereocenters. The smallest absolute Gasteiger partial charge is 0.325 e. The summed E-state index contributed by atoms with van der Waals surface area (Å²) >= 11 is 0. The average molecular weight is 393 g/mol. The first-order chi connectivity index (χ1) is 14.1. The molecule has 0 saturated heterocycles. The Balaban J connectivity index is 1.87. The molecule has 0 aliphatic rings. The number of rotatable bonds is 7. The normalized spacial score (nSPS) is 11.0. The minimum absolute atomic E-state index is 0.113. The molecule has 0 atom stereocenters. The lowest BCUT2D eigenvalue weighted by Gasteiger charge is -2.07. The zero-order valence-electron chi connectivity index (χ0n) is 16.6. The number of hydrogen-bond donors (Lipinski definition) is 1. The lowest BCUT2D eigenvalue weighted by atomic mass is 10.1. The maximum Gasteiger partial charge on any atom is 0.325 e. The highest BCUT2D eigenvalue weighted by molar-refractivity contribution is 6.02. The summed E-state index contributed by atoms with van der Waals surface area (Å²) in [4.78, 5) is 24.4. The van der Waals surface area contributed by atoms with Crippen LogP contribution in [0.5, 0.6) is 5.75 Å². The molecule has 1 amide bonds. The fraction of sp³-hybridized carbons (Fsp3) is 0.227. The van der Waals surface area contributed by atoms with Crippen molar-refractivity contribution < 1.29 is 19.1 Å². The molecule has 1 aromatic heterocycles. The molecule has 1 N–H and O–H groups in total.